The summed E-state index contributed by atoms with van der Waals surface area (Å²) in [5, 5.41) is 29.5. The van der Waals surface area contributed by atoms with E-state index in [1.54, 1.807) is 0 Å². The van der Waals surface area contributed by atoms with Gasteiger partial charge in [0.25, 0.3) is 0 Å². The van der Waals surface area contributed by atoms with Crippen LogP contribution < -0.4 is 4.90 Å². The molecule has 3 aliphatic heterocycles. The Balaban J connectivity index is 1.82. The van der Waals surface area contributed by atoms with Crippen molar-refractivity contribution in [1.29, 1.82) is 5.26 Å². The number of hydrogen-bond acceptors (Lipinski definition) is 6. The molecule has 3 heterocycles. The number of nitriles is 1. The second kappa shape index (κ2) is 5.31. The molecule has 3 fully saturated rings. The smallest absolute Gasteiger partial charge is 0.387 e. The van der Waals surface area contributed by atoms with Gasteiger partial charge in [-0.05, 0) is 32.0 Å². The fraction of sp³-hybridized carbons (Fsp3) is 0.500. The highest BCUT2D eigenvalue weighted by atomic mass is 19.4. The van der Waals surface area contributed by atoms with Crippen molar-refractivity contribution in [3.8, 4) is 6.07 Å². The van der Waals surface area contributed by atoms with Crippen LogP contribution in [0.2, 0.25) is 0 Å². The molecule has 148 valence electrons. The van der Waals surface area contributed by atoms with Gasteiger partial charge in [-0.3, -0.25) is 9.59 Å². The van der Waals surface area contributed by atoms with Crippen molar-refractivity contribution in [3.63, 3.8) is 0 Å². The first-order chi connectivity index (χ1) is 12.9. The van der Waals surface area contributed by atoms with Crippen LogP contribution in [0.1, 0.15) is 25.0 Å². The van der Waals surface area contributed by atoms with Crippen molar-refractivity contribution in [1.82, 2.24) is 0 Å². The fourth-order valence-electron chi connectivity index (χ4n) is 4.80. The summed E-state index contributed by atoms with van der Waals surface area (Å²) in [5.41, 5.74) is -5.31. The van der Waals surface area contributed by atoms with Crippen LogP contribution in [0, 0.1) is 23.2 Å². The summed E-state index contributed by atoms with van der Waals surface area (Å²) in [6.07, 6.45) is -7.71. The summed E-state index contributed by atoms with van der Waals surface area (Å²) in [4.78, 5) is 26.6. The monoisotopic (exact) mass is 396 g/mol. The molecule has 0 saturated carbocycles. The molecule has 0 aliphatic carbocycles. The van der Waals surface area contributed by atoms with Crippen LogP contribution in [0.5, 0.6) is 0 Å². The Bertz CT molecular complexity index is 920. The maximum atomic E-state index is 13.3. The SMILES string of the molecule is C[C@@]12O[C@@](C)(C(O)[C@H]1O)[C@@H]1C(=O)N(c3ccc(C#N)c(C(F)(F)F)c3)C(=O)[C@@H]12. The Morgan fingerprint density at radius 1 is 1.11 bits per heavy atom. The third-order valence-corrected chi connectivity index (χ3v) is 6.14. The molecule has 28 heavy (non-hydrogen) atoms. The molecule has 0 spiro atoms. The van der Waals surface area contributed by atoms with E-state index in [-0.39, 0.29) is 5.69 Å². The summed E-state index contributed by atoms with van der Waals surface area (Å²) in [5.74, 6) is -3.92. The zero-order valence-corrected chi connectivity index (χ0v) is 14.7. The number of halogens is 3. The molecule has 2 N–H and O–H groups in total. The van der Waals surface area contributed by atoms with Gasteiger partial charge in [0.1, 0.15) is 23.4 Å². The number of carbonyl (C=O) groups is 2. The predicted octanol–water partition coefficient (Wildman–Crippen LogP) is 0.966. The Labute approximate surface area is 156 Å². The topological polar surface area (TPSA) is 111 Å². The van der Waals surface area contributed by atoms with Gasteiger partial charge in [0.2, 0.25) is 11.8 Å². The molecule has 3 saturated heterocycles. The van der Waals surface area contributed by atoms with Crippen LogP contribution in [-0.2, 0) is 20.5 Å². The van der Waals surface area contributed by atoms with Crippen molar-refractivity contribution in [3.05, 3.63) is 29.3 Å². The molecule has 6 atom stereocenters. The zero-order chi connectivity index (χ0) is 20.8. The lowest BCUT2D eigenvalue weighted by Gasteiger charge is -2.35. The van der Waals surface area contributed by atoms with Crippen molar-refractivity contribution < 1.29 is 37.7 Å². The molecular formula is C18H15F3N2O5. The van der Waals surface area contributed by atoms with Gasteiger partial charge >= 0.3 is 6.18 Å². The maximum absolute atomic E-state index is 13.3. The molecule has 0 aromatic heterocycles. The molecule has 1 aromatic carbocycles. The Hall–Kier alpha value is -2.48. The minimum Gasteiger partial charge on any atom is -0.387 e. The lowest BCUT2D eigenvalue weighted by atomic mass is 9.66. The van der Waals surface area contributed by atoms with E-state index in [0.717, 1.165) is 12.1 Å². The second-order valence-electron chi connectivity index (χ2n) is 7.67. The number of benzene rings is 1. The molecule has 2 amide bonds. The van der Waals surface area contributed by atoms with Gasteiger partial charge in [0.15, 0.2) is 0 Å². The number of carbonyl (C=O) groups excluding carboxylic acids is 2. The van der Waals surface area contributed by atoms with Crippen molar-refractivity contribution in [2.24, 2.45) is 11.8 Å². The largest absolute Gasteiger partial charge is 0.417 e. The summed E-state index contributed by atoms with van der Waals surface area (Å²) < 4.78 is 45.5. The number of hydrogen-bond donors (Lipinski definition) is 2. The van der Waals surface area contributed by atoms with E-state index in [0.29, 0.717) is 11.0 Å². The first-order valence-corrected chi connectivity index (χ1v) is 8.43. The number of amides is 2. The van der Waals surface area contributed by atoms with Crippen molar-refractivity contribution in [2.75, 3.05) is 4.90 Å². The van der Waals surface area contributed by atoms with Gasteiger partial charge < -0.3 is 14.9 Å². The molecule has 10 heteroatoms. The number of alkyl halides is 3. The maximum Gasteiger partial charge on any atom is 0.417 e. The summed E-state index contributed by atoms with van der Waals surface area (Å²) in [6.45, 7) is 2.79. The minimum absolute atomic E-state index is 0.327. The van der Waals surface area contributed by atoms with E-state index >= 15 is 0 Å². The molecule has 3 aliphatic rings. The van der Waals surface area contributed by atoms with Crippen LogP contribution in [-0.4, -0.2) is 45.4 Å². The highest BCUT2D eigenvalue weighted by Gasteiger charge is 2.79. The van der Waals surface area contributed by atoms with Crippen LogP contribution in [0.25, 0.3) is 0 Å². The quantitative estimate of drug-likeness (QED) is 0.685. The number of anilines is 1. The van der Waals surface area contributed by atoms with Crippen molar-refractivity contribution >= 4 is 17.5 Å². The molecule has 7 nitrogen and oxygen atoms in total. The summed E-state index contributed by atoms with van der Waals surface area (Å²) >= 11 is 0. The number of fused-ring (bicyclic) bond motifs is 5. The lowest BCUT2D eigenvalue weighted by Crippen LogP contribution is -2.57. The molecule has 4 rings (SSSR count). The van der Waals surface area contributed by atoms with E-state index in [4.69, 9.17) is 10.00 Å². The minimum atomic E-state index is -4.85. The average molecular weight is 396 g/mol. The Kier molecular flexibility index (Phi) is 3.58. The fourth-order valence-corrected chi connectivity index (χ4v) is 4.80. The number of aliphatic hydroxyl groups is 2. The van der Waals surface area contributed by atoms with Gasteiger partial charge in [-0.1, -0.05) is 0 Å². The van der Waals surface area contributed by atoms with Crippen LogP contribution in [0.4, 0.5) is 18.9 Å². The molecule has 0 radical (unpaired) electrons. The van der Waals surface area contributed by atoms with E-state index in [1.807, 2.05) is 0 Å². The normalized spacial score (nSPS) is 39.4. The van der Waals surface area contributed by atoms with Crippen LogP contribution >= 0.6 is 0 Å². The van der Waals surface area contributed by atoms with Crippen molar-refractivity contribution in [2.45, 2.75) is 43.4 Å². The van der Waals surface area contributed by atoms with Gasteiger partial charge in [0, 0.05) is 0 Å². The van der Waals surface area contributed by atoms with Crippen LogP contribution in [0.15, 0.2) is 18.2 Å². The van der Waals surface area contributed by atoms with Gasteiger partial charge in [0.05, 0.1) is 34.7 Å². The number of rotatable bonds is 1. The highest BCUT2D eigenvalue weighted by Crippen LogP contribution is 2.61. The highest BCUT2D eigenvalue weighted by molar-refractivity contribution is 6.23. The Morgan fingerprint density at radius 3 is 2.04 bits per heavy atom. The lowest BCUT2D eigenvalue weighted by molar-refractivity contribution is -0.138. The van der Waals surface area contributed by atoms with Gasteiger partial charge in [-0.15, -0.1) is 0 Å². The number of ether oxygens (including phenoxy) is 1. The van der Waals surface area contributed by atoms with Gasteiger partial charge in [-0.2, -0.15) is 18.4 Å². The molecule has 1 unspecified atom stereocenters. The molecule has 1 aromatic rings. The molecular weight excluding hydrogens is 381 g/mol. The molecule has 2 bridgehead atoms. The predicted molar refractivity (Wildman–Crippen MR) is 85.5 cm³/mol. The first-order valence-electron chi connectivity index (χ1n) is 8.43. The van der Waals surface area contributed by atoms with Crippen LogP contribution in [0.3, 0.4) is 0 Å². The Morgan fingerprint density at radius 2 is 1.61 bits per heavy atom. The van der Waals surface area contributed by atoms with E-state index < -0.39 is 64.4 Å². The summed E-state index contributed by atoms with van der Waals surface area (Å²) in [6, 6.07) is 4.00. The third kappa shape index (κ3) is 2.04. The van der Waals surface area contributed by atoms with E-state index in [2.05, 4.69) is 0 Å². The average Bonchev–Trinajstić information content (AvgIpc) is 3.10. The zero-order valence-electron chi connectivity index (χ0n) is 14.7. The van der Waals surface area contributed by atoms with Gasteiger partial charge in [-0.25, -0.2) is 4.90 Å². The standard InChI is InChI=1S/C18H15F3N2O5/c1-16-10-11(17(2,28-16)13(25)12(16)24)15(27)23(14(10)26)8-4-3-7(6-22)9(5-8)18(19,20)21/h3-5,10-13,24-25H,1-2H3/t10-,11+,12-,13?,16+,17-/m1/s1. The number of nitrogens with zero attached hydrogens (tertiary/aromatic N) is 2. The van der Waals surface area contributed by atoms with E-state index in [1.165, 1.54) is 19.9 Å². The first kappa shape index (κ1) is 18.9. The third-order valence-electron chi connectivity index (χ3n) is 6.14. The number of imide groups is 1. The summed E-state index contributed by atoms with van der Waals surface area (Å²) in [7, 11) is 0. The second-order valence-corrected chi connectivity index (χ2v) is 7.67. The van der Waals surface area contributed by atoms with E-state index in [9.17, 15) is 33.0 Å². The number of aliphatic hydroxyl groups excluding tert-OH is 2.